The highest BCUT2D eigenvalue weighted by molar-refractivity contribution is 7.79. The van der Waals surface area contributed by atoms with E-state index in [-0.39, 0.29) is 5.91 Å². The molecule has 0 bridgehead atoms. The third kappa shape index (κ3) is 13.0. The second-order valence-corrected chi connectivity index (χ2v) is 7.00. The number of thiol groups is 1. The van der Waals surface area contributed by atoms with Gasteiger partial charge in [0.2, 0.25) is 5.91 Å². The Morgan fingerprint density at radius 2 is 1.24 bits per heavy atom. The zero-order valence-electron chi connectivity index (χ0n) is 22.9. The van der Waals surface area contributed by atoms with E-state index in [2.05, 4.69) is 33.2 Å². The number of carbonyl (C=O) groups excluding carboxylic acids is 2. The highest BCUT2D eigenvalue weighted by atomic mass is 32.1. The number of hydrogen-bond acceptors (Lipinski definition) is 7. The summed E-state index contributed by atoms with van der Waals surface area (Å²) >= 11 is 3.53. The first kappa shape index (κ1) is 33.8. The Morgan fingerprint density at radius 1 is 0.784 bits per heavy atom. The third-order valence-electron chi connectivity index (χ3n) is 4.90. The Morgan fingerprint density at radius 3 is 1.70 bits per heavy atom. The summed E-state index contributed by atoms with van der Waals surface area (Å²) in [6.45, 7) is 9.14. The lowest BCUT2D eigenvalue weighted by Crippen LogP contribution is -2.39. The molecule has 8 heteroatoms. The van der Waals surface area contributed by atoms with Gasteiger partial charge in [-0.15, -0.1) is 0 Å². The molecule has 7 nitrogen and oxygen atoms in total. The van der Waals surface area contributed by atoms with Gasteiger partial charge in [0.25, 0.3) is 0 Å². The van der Waals surface area contributed by atoms with E-state index in [0.717, 1.165) is 29.5 Å². The van der Waals surface area contributed by atoms with Gasteiger partial charge >= 0.3 is 5.97 Å². The summed E-state index contributed by atoms with van der Waals surface area (Å²) in [5, 5.41) is 6.34. The van der Waals surface area contributed by atoms with Crippen molar-refractivity contribution in [2.75, 3.05) is 26.5 Å². The Labute approximate surface area is 227 Å². The van der Waals surface area contributed by atoms with E-state index >= 15 is 0 Å². The van der Waals surface area contributed by atoms with E-state index in [0.29, 0.717) is 18.7 Å². The molecule has 1 atom stereocenters. The first-order valence-corrected chi connectivity index (χ1v) is 13.5. The lowest BCUT2D eigenvalue weighted by Gasteiger charge is -2.19. The Balaban J connectivity index is 0.00000201. The molecule has 0 saturated carbocycles. The lowest BCUT2D eigenvalue weighted by molar-refractivity contribution is -0.123. The molecule has 0 aliphatic heterocycles. The second kappa shape index (κ2) is 22.0. The minimum Gasteiger partial charge on any atom is -0.465 e. The molecule has 2 heterocycles. The van der Waals surface area contributed by atoms with Gasteiger partial charge in [0, 0.05) is 37.9 Å². The summed E-state index contributed by atoms with van der Waals surface area (Å²) < 4.78 is 4.75. The fourth-order valence-electron chi connectivity index (χ4n) is 3.18. The first-order chi connectivity index (χ1) is 18.2. The molecule has 0 fully saturated rings. The van der Waals surface area contributed by atoms with Crippen LogP contribution in [0.2, 0.25) is 0 Å². The number of methoxy groups -OCH3 is 1. The van der Waals surface area contributed by atoms with E-state index in [1.165, 1.54) is 7.11 Å². The van der Waals surface area contributed by atoms with Gasteiger partial charge in [0.1, 0.15) is 6.04 Å². The fraction of sp³-hybridized carbons (Fsp3) is 0.379. The third-order valence-corrected chi connectivity index (χ3v) is 4.90. The van der Waals surface area contributed by atoms with Crippen molar-refractivity contribution in [1.29, 1.82) is 0 Å². The molecule has 202 valence electrons. The van der Waals surface area contributed by atoms with Gasteiger partial charge in [-0.1, -0.05) is 39.8 Å². The van der Waals surface area contributed by atoms with Crippen LogP contribution in [0.1, 0.15) is 60.8 Å². The van der Waals surface area contributed by atoms with Crippen molar-refractivity contribution in [3.8, 4) is 0 Å². The summed E-state index contributed by atoms with van der Waals surface area (Å²) in [4.78, 5) is 32.7. The molecule has 1 aromatic carbocycles. The number of aromatic nitrogens is 2. The molecular weight excluding hydrogens is 484 g/mol. The molecule has 0 saturated heterocycles. The van der Waals surface area contributed by atoms with Gasteiger partial charge in [-0.05, 0) is 72.2 Å². The quantitative estimate of drug-likeness (QED) is 0.252. The predicted molar refractivity (Wildman–Crippen MR) is 155 cm³/mol. The van der Waals surface area contributed by atoms with Crippen LogP contribution < -0.4 is 10.6 Å². The Kier molecular flexibility index (Phi) is 20.1. The fourth-order valence-corrected chi connectivity index (χ4v) is 3.18. The zero-order valence-corrected chi connectivity index (χ0v) is 23.8. The topological polar surface area (TPSA) is 93.2 Å². The zero-order chi connectivity index (χ0) is 27.9. The number of benzene rings is 1. The molecule has 3 rings (SSSR count). The second-order valence-electron chi connectivity index (χ2n) is 7.00. The van der Waals surface area contributed by atoms with Gasteiger partial charge in [-0.2, -0.15) is 12.6 Å². The van der Waals surface area contributed by atoms with Crippen LogP contribution in [0, 0.1) is 0 Å². The first-order valence-electron chi connectivity index (χ1n) is 12.6. The van der Waals surface area contributed by atoms with Crippen LogP contribution in [0.5, 0.6) is 0 Å². The molecule has 0 radical (unpaired) electrons. The number of esters is 1. The van der Waals surface area contributed by atoms with Crippen molar-refractivity contribution < 1.29 is 14.3 Å². The molecule has 0 aliphatic rings. The average Bonchev–Trinajstić information content (AvgIpc) is 2.99. The monoisotopic (exact) mass is 526 g/mol. The van der Waals surface area contributed by atoms with E-state index < -0.39 is 12.0 Å². The molecule has 37 heavy (non-hydrogen) atoms. The van der Waals surface area contributed by atoms with Crippen LogP contribution in [-0.2, 0) is 22.4 Å². The molecule has 0 aliphatic carbocycles. The molecule has 2 N–H and O–H groups in total. The van der Waals surface area contributed by atoms with Crippen LogP contribution in [-0.4, -0.2) is 48.3 Å². The number of amides is 1. The number of nitrogens with one attached hydrogen (secondary N) is 2. The molecule has 1 unspecified atom stereocenters. The number of rotatable bonds is 10. The average molecular weight is 527 g/mol. The number of carbonyl (C=O) groups is 2. The van der Waals surface area contributed by atoms with E-state index in [9.17, 15) is 9.59 Å². The maximum atomic E-state index is 13.0. The highest BCUT2D eigenvalue weighted by Crippen LogP contribution is 2.15. The SMILES string of the molecule is CC.CC.COC(=O)c1ccc(C(NCCc2ccncc2)C(=O)NCCc2ccncc2)cc1.CS. The standard InChI is InChI=1S/C24H26N4O3.2C2H6.CH4S/c1-31-24(30)21-4-2-20(3-5-21)22(27-16-10-18-6-12-25-13-7-18)23(29)28-17-11-19-8-14-26-15-9-19;3*1-2/h2-9,12-15,22,27H,10-11,16-17H2,1H3,(H,28,29);2*1-2H3;2H,1H3. The minimum absolute atomic E-state index is 0.116. The number of nitrogens with zero attached hydrogens (tertiary/aromatic N) is 2. The van der Waals surface area contributed by atoms with Gasteiger partial charge in [0.05, 0.1) is 12.7 Å². The number of hydrogen-bond donors (Lipinski definition) is 3. The summed E-state index contributed by atoms with van der Waals surface area (Å²) in [5.74, 6) is -0.523. The van der Waals surface area contributed by atoms with Crippen LogP contribution in [0.4, 0.5) is 0 Å². The van der Waals surface area contributed by atoms with E-state index in [4.69, 9.17) is 4.74 Å². The molecular formula is C29H42N4O3S. The van der Waals surface area contributed by atoms with Gasteiger partial charge in [0.15, 0.2) is 0 Å². The van der Waals surface area contributed by atoms with Crippen molar-refractivity contribution >= 4 is 24.5 Å². The van der Waals surface area contributed by atoms with Crippen molar-refractivity contribution in [2.45, 2.75) is 46.6 Å². The maximum Gasteiger partial charge on any atom is 0.337 e. The summed E-state index contributed by atoms with van der Waals surface area (Å²) in [7, 11) is 1.34. The smallest absolute Gasteiger partial charge is 0.337 e. The van der Waals surface area contributed by atoms with Crippen molar-refractivity contribution in [1.82, 2.24) is 20.6 Å². The summed E-state index contributed by atoms with van der Waals surface area (Å²) in [6, 6.07) is 14.1. The van der Waals surface area contributed by atoms with Crippen LogP contribution in [0.25, 0.3) is 0 Å². The number of pyridine rings is 2. The molecule has 0 spiro atoms. The van der Waals surface area contributed by atoms with Crippen molar-refractivity contribution in [3.05, 3.63) is 95.6 Å². The normalized spacial score (nSPS) is 10.1. The summed E-state index contributed by atoms with van der Waals surface area (Å²) in [6.07, 6.45) is 10.2. The van der Waals surface area contributed by atoms with Gasteiger partial charge in [-0.25, -0.2) is 4.79 Å². The van der Waals surface area contributed by atoms with Crippen molar-refractivity contribution in [2.24, 2.45) is 0 Å². The lowest BCUT2D eigenvalue weighted by atomic mass is 10.0. The molecule has 2 aromatic heterocycles. The highest BCUT2D eigenvalue weighted by Gasteiger charge is 2.20. The Bertz CT molecular complexity index is 971. The number of ether oxygens (including phenoxy) is 1. The predicted octanol–water partition coefficient (Wildman–Crippen LogP) is 5.09. The van der Waals surface area contributed by atoms with Crippen LogP contribution in [0.3, 0.4) is 0 Å². The van der Waals surface area contributed by atoms with Gasteiger partial charge < -0.3 is 15.4 Å². The van der Waals surface area contributed by atoms with Gasteiger partial charge in [-0.3, -0.25) is 14.8 Å². The molecule has 3 aromatic rings. The van der Waals surface area contributed by atoms with Crippen molar-refractivity contribution in [3.63, 3.8) is 0 Å². The molecule has 1 amide bonds. The van der Waals surface area contributed by atoms with Crippen LogP contribution in [0.15, 0.2) is 73.3 Å². The maximum absolute atomic E-state index is 13.0. The largest absolute Gasteiger partial charge is 0.465 e. The minimum atomic E-state index is -0.536. The van der Waals surface area contributed by atoms with Crippen LogP contribution >= 0.6 is 12.6 Å². The van der Waals surface area contributed by atoms with E-state index in [1.807, 2.05) is 52.0 Å². The summed E-state index contributed by atoms with van der Waals surface area (Å²) in [5.41, 5.74) is 3.48. The Hall–Kier alpha value is -3.23. The van der Waals surface area contributed by atoms with E-state index in [1.54, 1.807) is 55.3 Å².